The lowest BCUT2D eigenvalue weighted by atomic mass is 10.1. The van der Waals surface area contributed by atoms with Crippen molar-refractivity contribution in [3.63, 3.8) is 0 Å². The number of nitriles is 1. The van der Waals surface area contributed by atoms with Crippen molar-refractivity contribution < 1.29 is 9.53 Å². The van der Waals surface area contributed by atoms with Crippen LogP contribution in [0.5, 0.6) is 5.75 Å². The number of rotatable bonds is 3. The molecule has 108 valence electrons. The molecule has 21 heavy (non-hydrogen) atoms. The lowest BCUT2D eigenvalue weighted by molar-refractivity contribution is 0.102. The average Bonchev–Trinajstić information content (AvgIpc) is 3.10. The Balaban J connectivity index is 1.90. The summed E-state index contributed by atoms with van der Waals surface area (Å²) in [6.45, 7) is 1.62. The van der Waals surface area contributed by atoms with E-state index in [-0.39, 0.29) is 5.91 Å². The molecule has 1 aliphatic heterocycles. The minimum atomic E-state index is -0.232. The van der Waals surface area contributed by atoms with Crippen molar-refractivity contribution in [1.29, 1.82) is 5.26 Å². The van der Waals surface area contributed by atoms with Gasteiger partial charge < -0.3 is 15.4 Å². The third-order valence-electron chi connectivity index (χ3n) is 3.32. The summed E-state index contributed by atoms with van der Waals surface area (Å²) in [6.07, 6.45) is 0.826. The maximum absolute atomic E-state index is 12.3. The predicted molar refractivity (Wildman–Crippen MR) is 83.3 cm³/mol. The first-order valence-corrected chi connectivity index (χ1v) is 8.12. The van der Waals surface area contributed by atoms with Gasteiger partial charge in [0, 0.05) is 11.4 Å². The molecule has 0 saturated heterocycles. The molecular formula is C14H13N3O2S2. The van der Waals surface area contributed by atoms with Crippen LogP contribution >= 0.6 is 22.7 Å². The van der Waals surface area contributed by atoms with Crippen molar-refractivity contribution in [3.05, 3.63) is 32.3 Å². The fourth-order valence-corrected chi connectivity index (χ4v) is 4.24. The smallest absolute Gasteiger partial charge is 0.270 e. The minimum Gasteiger partial charge on any atom is -0.495 e. The fraction of sp³-hybridized carbons (Fsp3) is 0.286. The van der Waals surface area contributed by atoms with Gasteiger partial charge in [-0.1, -0.05) is 0 Å². The summed E-state index contributed by atoms with van der Waals surface area (Å²) in [5, 5.41) is 17.9. The van der Waals surface area contributed by atoms with Crippen LogP contribution in [0.3, 0.4) is 0 Å². The number of anilines is 1. The highest BCUT2D eigenvalue weighted by Gasteiger charge is 2.23. The van der Waals surface area contributed by atoms with Crippen LogP contribution in [-0.4, -0.2) is 19.6 Å². The predicted octanol–water partition coefficient (Wildman–Crippen LogP) is 2.59. The van der Waals surface area contributed by atoms with Crippen LogP contribution in [-0.2, 0) is 13.0 Å². The summed E-state index contributed by atoms with van der Waals surface area (Å²) in [7, 11) is 1.54. The van der Waals surface area contributed by atoms with E-state index in [0.29, 0.717) is 21.2 Å². The first-order chi connectivity index (χ1) is 10.2. The van der Waals surface area contributed by atoms with E-state index < -0.39 is 0 Å². The van der Waals surface area contributed by atoms with Gasteiger partial charge in [0.1, 0.15) is 21.7 Å². The number of carbonyl (C=O) groups is 1. The molecule has 1 amide bonds. The van der Waals surface area contributed by atoms with E-state index in [0.717, 1.165) is 30.0 Å². The van der Waals surface area contributed by atoms with Crippen molar-refractivity contribution >= 4 is 33.6 Å². The van der Waals surface area contributed by atoms with Crippen molar-refractivity contribution in [1.82, 2.24) is 5.32 Å². The summed E-state index contributed by atoms with van der Waals surface area (Å²) in [4.78, 5) is 14.0. The zero-order valence-corrected chi connectivity index (χ0v) is 13.0. The van der Waals surface area contributed by atoms with Gasteiger partial charge in [0.25, 0.3) is 5.91 Å². The molecular weight excluding hydrogens is 306 g/mol. The largest absolute Gasteiger partial charge is 0.495 e. The Labute approximate surface area is 130 Å². The molecule has 0 radical (unpaired) electrons. The molecule has 0 fully saturated rings. The van der Waals surface area contributed by atoms with Crippen LogP contribution < -0.4 is 15.4 Å². The van der Waals surface area contributed by atoms with E-state index in [4.69, 9.17) is 4.74 Å². The molecule has 0 aliphatic carbocycles. The van der Waals surface area contributed by atoms with Crippen LogP contribution in [0.15, 0.2) is 11.4 Å². The molecule has 0 atom stereocenters. The number of thiophene rings is 2. The van der Waals surface area contributed by atoms with Crippen LogP contribution in [0.1, 0.15) is 25.7 Å². The standard InChI is InChI=1S/C14H13N3O2S2/c1-19-10-3-5-20-12(10)13(18)17-14-9(6-15)8-2-4-16-7-11(8)21-14/h3,5,16H,2,4,7H2,1H3,(H,17,18). The number of methoxy groups -OCH3 is 1. The Hall–Kier alpha value is -1.88. The van der Waals surface area contributed by atoms with Gasteiger partial charge in [0.15, 0.2) is 0 Å². The number of nitrogens with zero attached hydrogens (tertiary/aromatic N) is 1. The second kappa shape index (κ2) is 5.85. The summed E-state index contributed by atoms with van der Waals surface area (Å²) in [6, 6.07) is 3.98. The summed E-state index contributed by atoms with van der Waals surface area (Å²) < 4.78 is 5.16. The van der Waals surface area contributed by atoms with Gasteiger partial charge in [0.05, 0.1) is 12.7 Å². The summed E-state index contributed by atoms with van der Waals surface area (Å²) in [5.41, 5.74) is 1.66. The Morgan fingerprint density at radius 3 is 3.19 bits per heavy atom. The third kappa shape index (κ3) is 2.53. The highest BCUT2D eigenvalue weighted by Crippen LogP contribution is 2.35. The number of carbonyl (C=O) groups excluding carboxylic acids is 1. The number of fused-ring (bicyclic) bond motifs is 1. The maximum atomic E-state index is 12.3. The topological polar surface area (TPSA) is 74.1 Å². The van der Waals surface area contributed by atoms with Crippen LogP contribution in [0.2, 0.25) is 0 Å². The molecule has 2 N–H and O–H groups in total. The Kier molecular flexibility index (Phi) is 3.92. The van der Waals surface area contributed by atoms with E-state index in [9.17, 15) is 10.1 Å². The third-order valence-corrected chi connectivity index (χ3v) is 5.36. The molecule has 7 heteroatoms. The van der Waals surface area contributed by atoms with Crippen LogP contribution in [0, 0.1) is 11.3 Å². The molecule has 2 aromatic rings. The first kappa shape index (κ1) is 14.1. The molecule has 3 heterocycles. The molecule has 0 saturated carbocycles. The molecule has 0 unspecified atom stereocenters. The Bertz CT molecular complexity index is 727. The van der Waals surface area contributed by atoms with Crippen molar-refractivity contribution in [3.8, 4) is 11.8 Å². The number of amides is 1. The maximum Gasteiger partial charge on any atom is 0.270 e. The number of hydrogen-bond acceptors (Lipinski definition) is 6. The van der Waals surface area contributed by atoms with E-state index in [2.05, 4.69) is 16.7 Å². The zero-order valence-electron chi connectivity index (χ0n) is 11.4. The van der Waals surface area contributed by atoms with Gasteiger partial charge in [-0.25, -0.2) is 0 Å². The molecule has 0 bridgehead atoms. The molecule has 3 rings (SSSR count). The quantitative estimate of drug-likeness (QED) is 0.912. The number of ether oxygens (including phenoxy) is 1. The van der Waals surface area contributed by atoms with Crippen molar-refractivity contribution in [2.75, 3.05) is 19.0 Å². The molecule has 5 nitrogen and oxygen atoms in total. The second-order valence-corrected chi connectivity index (χ2v) is 6.54. The number of hydrogen-bond donors (Lipinski definition) is 2. The molecule has 0 spiro atoms. The highest BCUT2D eigenvalue weighted by atomic mass is 32.1. The number of nitrogens with one attached hydrogen (secondary N) is 2. The summed E-state index contributed by atoms with van der Waals surface area (Å²) >= 11 is 2.79. The monoisotopic (exact) mass is 319 g/mol. The van der Waals surface area contributed by atoms with Crippen molar-refractivity contribution in [2.45, 2.75) is 13.0 Å². The molecule has 2 aromatic heterocycles. The normalized spacial score (nSPS) is 13.3. The van der Waals surface area contributed by atoms with E-state index in [1.165, 1.54) is 29.8 Å². The van der Waals surface area contributed by atoms with Gasteiger partial charge in [-0.3, -0.25) is 4.79 Å². The lowest BCUT2D eigenvalue weighted by Gasteiger charge is -2.11. The Morgan fingerprint density at radius 1 is 1.57 bits per heavy atom. The van der Waals surface area contributed by atoms with Gasteiger partial charge in [0.2, 0.25) is 0 Å². The molecule has 1 aliphatic rings. The zero-order chi connectivity index (χ0) is 14.8. The first-order valence-electron chi connectivity index (χ1n) is 6.42. The minimum absolute atomic E-state index is 0.232. The summed E-state index contributed by atoms with van der Waals surface area (Å²) in [5.74, 6) is 0.323. The lowest BCUT2D eigenvalue weighted by Crippen LogP contribution is -2.22. The Morgan fingerprint density at radius 2 is 2.43 bits per heavy atom. The van der Waals surface area contributed by atoms with Crippen LogP contribution in [0.25, 0.3) is 0 Å². The van der Waals surface area contributed by atoms with Gasteiger partial charge in [-0.2, -0.15) is 5.26 Å². The van der Waals surface area contributed by atoms with E-state index >= 15 is 0 Å². The fourth-order valence-electron chi connectivity index (χ4n) is 2.32. The van der Waals surface area contributed by atoms with E-state index in [1.807, 2.05) is 5.38 Å². The van der Waals surface area contributed by atoms with E-state index in [1.54, 1.807) is 6.07 Å². The van der Waals surface area contributed by atoms with Gasteiger partial charge >= 0.3 is 0 Å². The van der Waals surface area contributed by atoms with Crippen LogP contribution in [0.4, 0.5) is 5.00 Å². The van der Waals surface area contributed by atoms with Gasteiger partial charge in [-0.05, 0) is 30.0 Å². The average molecular weight is 319 g/mol. The van der Waals surface area contributed by atoms with Gasteiger partial charge in [-0.15, -0.1) is 22.7 Å². The SMILES string of the molecule is COc1ccsc1C(=O)Nc1sc2c(c1C#N)CCNC2. The molecule has 0 aromatic carbocycles. The van der Waals surface area contributed by atoms with Crippen molar-refractivity contribution in [2.24, 2.45) is 0 Å². The highest BCUT2D eigenvalue weighted by molar-refractivity contribution is 7.17. The second-order valence-electron chi connectivity index (χ2n) is 4.52.